The van der Waals surface area contributed by atoms with Crippen molar-refractivity contribution in [3.05, 3.63) is 118 Å². The van der Waals surface area contributed by atoms with Gasteiger partial charge in [0, 0.05) is 17.7 Å². The fourth-order valence-electron chi connectivity index (χ4n) is 3.67. The number of aliphatic hydroxyl groups excluding tert-OH is 1. The predicted molar refractivity (Wildman–Crippen MR) is 164 cm³/mol. The third kappa shape index (κ3) is 7.32. The molecule has 9 nitrogen and oxygen atoms in total. The molecule has 4 rings (SSSR count). The number of rotatable bonds is 8. The first-order valence-corrected chi connectivity index (χ1v) is 14.5. The maximum Gasteiger partial charge on any atom is 0.344 e. The Morgan fingerprint density at radius 1 is 1.07 bits per heavy atom. The molecule has 0 fully saturated rings. The minimum atomic E-state index is -0.784. The normalized spacial score (nSPS) is 14.9. The van der Waals surface area contributed by atoms with Crippen molar-refractivity contribution in [1.82, 2.24) is 0 Å². The number of hydrogen-bond acceptors (Lipinski definition) is 8. The smallest absolute Gasteiger partial charge is 0.344 e. The zero-order chi connectivity index (χ0) is 29.7. The van der Waals surface area contributed by atoms with Crippen LogP contribution >= 0.6 is 43.6 Å². The quantitative estimate of drug-likeness (QED) is 0.144. The summed E-state index contributed by atoms with van der Waals surface area (Å²) in [6.07, 6.45) is 1.65. The van der Waals surface area contributed by atoms with Crippen molar-refractivity contribution < 1.29 is 29.1 Å². The zero-order valence-electron chi connectivity index (χ0n) is 21.7. The highest BCUT2D eigenvalue weighted by Gasteiger charge is 2.34. The van der Waals surface area contributed by atoms with E-state index in [-0.39, 0.29) is 35.3 Å². The first-order chi connectivity index (χ1) is 19.6. The van der Waals surface area contributed by atoms with Gasteiger partial charge in [-0.15, -0.1) is 0 Å². The number of carbonyl (C=O) groups excluding carboxylic acids is 2. The summed E-state index contributed by atoms with van der Waals surface area (Å²) in [5.74, 6) is -1.17. The average Bonchev–Trinajstić information content (AvgIpc) is 3.22. The molecule has 1 N–H and O–H groups in total. The molecule has 0 unspecified atom stereocenters. The highest BCUT2D eigenvalue weighted by atomic mass is 79.9. The van der Waals surface area contributed by atoms with Crippen LogP contribution in [0.3, 0.4) is 0 Å². The van der Waals surface area contributed by atoms with Gasteiger partial charge in [0.05, 0.1) is 25.4 Å². The summed E-state index contributed by atoms with van der Waals surface area (Å²) in [4.78, 5) is 40.3. The molecule has 3 aromatic rings. The van der Waals surface area contributed by atoms with E-state index in [4.69, 9.17) is 9.47 Å². The molecule has 0 saturated carbocycles. The Hall–Kier alpha value is -3.74. The number of nitro groups is 1. The van der Waals surface area contributed by atoms with Gasteiger partial charge in [-0.25, -0.2) is 9.79 Å². The van der Waals surface area contributed by atoms with Gasteiger partial charge in [-0.2, -0.15) is 0 Å². The monoisotopic (exact) mass is 700 g/mol. The van der Waals surface area contributed by atoms with Crippen LogP contribution in [-0.4, -0.2) is 33.6 Å². The Morgan fingerprint density at radius 3 is 2.29 bits per heavy atom. The maximum absolute atomic E-state index is 12.8. The summed E-state index contributed by atoms with van der Waals surface area (Å²) in [6, 6.07) is 16.4. The number of thioether (sulfide) groups is 1. The largest absolute Gasteiger partial charge is 0.506 e. The van der Waals surface area contributed by atoms with Crippen LogP contribution in [0.25, 0.3) is 6.08 Å². The highest BCUT2D eigenvalue weighted by Crippen LogP contribution is 2.41. The molecule has 0 saturated heterocycles. The van der Waals surface area contributed by atoms with Crippen LogP contribution in [-0.2, 0) is 16.1 Å². The number of non-ortho nitro benzene ring substituents is 1. The van der Waals surface area contributed by atoms with Crippen LogP contribution < -0.4 is 4.74 Å². The molecular formula is C29H22Br2N2O7S. The Kier molecular flexibility index (Phi) is 9.79. The van der Waals surface area contributed by atoms with Gasteiger partial charge in [-0.1, -0.05) is 29.5 Å². The van der Waals surface area contributed by atoms with E-state index >= 15 is 0 Å². The van der Waals surface area contributed by atoms with E-state index in [0.717, 1.165) is 22.9 Å². The van der Waals surface area contributed by atoms with Gasteiger partial charge in [0.2, 0.25) is 0 Å². The molecule has 3 aromatic carbocycles. The zero-order valence-corrected chi connectivity index (χ0v) is 25.7. The maximum atomic E-state index is 12.8. The number of ether oxygens (including phenoxy) is 2. The van der Waals surface area contributed by atoms with Crippen LogP contribution in [0, 0.1) is 17.0 Å². The van der Waals surface area contributed by atoms with E-state index < -0.39 is 16.8 Å². The van der Waals surface area contributed by atoms with Crippen molar-refractivity contribution in [2.24, 2.45) is 4.99 Å². The molecule has 1 aliphatic heterocycles. The molecule has 0 aliphatic carbocycles. The van der Waals surface area contributed by atoms with E-state index in [1.54, 1.807) is 61.5 Å². The standard InChI is InChI=1S/C29H22Br2N2O7S/c1-3-39-29(36)24-25(34)23(41-28(24)32-27(35)19-8-4-16(2)5-9-19)14-18-12-21(30)26(22(31)13-18)40-15-17-6-10-20(11-7-17)33(37)38/h4-14,34H,3,15H2,1-2H3/b23-14-,32-28?. The summed E-state index contributed by atoms with van der Waals surface area (Å²) in [6.45, 7) is 3.80. The lowest BCUT2D eigenvalue weighted by molar-refractivity contribution is -0.384. The van der Waals surface area contributed by atoms with Crippen LogP contribution in [0.1, 0.15) is 34.0 Å². The van der Waals surface area contributed by atoms with Gasteiger partial charge < -0.3 is 14.6 Å². The lowest BCUT2D eigenvalue weighted by atomic mass is 10.1. The molecule has 41 heavy (non-hydrogen) atoms. The number of nitro benzene ring substituents is 1. The number of benzene rings is 3. The van der Waals surface area contributed by atoms with E-state index in [9.17, 15) is 24.8 Å². The molecule has 1 heterocycles. The fraction of sp³-hybridized carbons (Fsp3) is 0.138. The number of hydrogen-bond donors (Lipinski definition) is 1. The summed E-state index contributed by atoms with van der Waals surface area (Å²) in [5, 5.41) is 21.9. The van der Waals surface area contributed by atoms with E-state index in [1.165, 1.54) is 12.1 Å². The average molecular weight is 702 g/mol. The van der Waals surface area contributed by atoms with E-state index in [0.29, 0.717) is 30.7 Å². The van der Waals surface area contributed by atoms with Crippen molar-refractivity contribution in [1.29, 1.82) is 0 Å². The molecule has 1 amide bonds. The second-order valence-corrected chi connectivity index (χ2v) is 11.4. The summed E-state index contributed by atoms with van der Waals surface area (Å²) in [5.41, 5.74) is 2.55. The van der Waals surface area contributed by atoms with Gasteiger partial charge in [0.25, 0.3) is 11.6 Å². The minimum Gasteiger partial charge on any atom is -0.506 e. The lowest BCUT2D eigenvalue weighted by Crippen LogP contribution is -2.14. The number of aliphatic imine (C=N–C) groups is 1. The number of esters is 1. The Bertz CT molecular complexity index is 1590. The van der Waals surface area contributed by atoms with Crippen molar-refractivity contribution in [3.8, 4) is 5.75 Å². The number of aliphatic hydroxyl groups is 1. The number of halogens is 2. The number of nitrogens with zero attached hydrogens (tertiary/aromatic N) is 2. The van der Waals surface area contributed by atoms with Gasteiger partial charge in [-0.3, -0.25) is 14.9 Å². The van der Waals surface area contributed by atoms with E-state index in [1.807, 2.05) is 6.92 Å². The molecule has 210 valence electrons. The first kappa shape index (κ1) is 30.2. The summed E-state index contributed by atoms with van der Waals surface area (Å²) in [7, 11) is 0. The number of aryl methyl sites for hydroxylation is 1. The van der Waals surface area contributed by atoms with Crippen LogP contribution in [0.5, 0.6) is 5.75 Å². The van der Waals surface area contributed by atoms with Crippen molar-refractivity contribution >= 4 is 72.3 Å². The Morgan fingerprint density at radius 2 is 1.71 bits per heavy atom. The van der Waals surface area contributed by atoms with Crippen LogP contribution in [0.15, 0.2) is 90.8 Å². The second kappa shape index (κ2) is 13.3. The van der Waals surface area contributed by atoms with Crippen LogP contribution in [0.2, 0.25) is 0 Å². The Balaban J connectivity index is 1.59. The van der Waals surface area contributed by atoms with Crippen molar-refractivity contribution in [3.63, 3.8) is 0 Å². The van der Waals surface area contributed by atoms with Crippen molar-refractivity contribution in [2.45, 2.75) is 20.5 Å². The lowest BCUT2D eigenvalue weighted by Gasteiger charge is -2.12. The second-order valence-electron chi connectivity index (χ2n) is 8.67. The third-order valence-corrected chi connectivity index (χ3v) is 7.92. The molecular weight excluding hydrogens is 680 g/mol. The predicted octanol–water partition coefficient (Wildman–Crippen LogP) is 7.71. The minimum absolute atomic E-state index is 0.00517. The van der Waals surface area contributed by atoms with E-state index in [2.05, 4.69) is 36.9 Å². The van der Waals surface area contributed by atoms with Gasteiger partial charge in [-0.05, 0) is 99.3 Å². The van der Waals surface area contributed by atoms with Gasteiger partial charge in [0.15, 0.2) is 0 Å². The van der Waals surface area contributed by atoms with Gasteiger partial charge >= 0.3 is 5.97 Å². The topological polar surface area (TPSA) is 128 Å². The first-order valence-electron chi connectivity index (χ1n) is 12.1. The SMILES string of the molecule is CCOC(=O)C1=C(O)/C(=C/c2cc(Br)c(OCc3ccc([N+](=O)[O-])cc3)c(Br)c2)SC1=NC(=O)c1ccc(C)cc1. The highest BCUT2D eigenvalue weighted by molar-refractivity contribution is 9.11. The molecule has 0 radical (unpaired) electrons. The van der Waals surface area contributed by atoms with Crippen LogP contribution in [0.4, 0.5) is 5.69 Å². The molecule has 12 heteroatoms. The Labute approximate surface area is 256 Å². The molecule has 0 aromatic heterocycles. The fourth-order valence-corrected chi connectivity index (χ4v) is 6.13. The molecule has 0 spiro atoms. The number of carbonyl (C=O) groups is 2. The third-order valence-electron chi connectivity index (χ3n) is 5.72. The van der Waals surface area contributed by atoms with Crippen molar-refractivity contribution in [2.75, 3.05) is 6.61 Å². The number of amides is 1. The van der Waals surface area contributed by atoms with Gasteiger partial charge in [0.1, 0.15) is 28.7 Å². The summed E-state index contributed by atoms with van der Waals surface area (Å²) >= 11 is 7.99. The molecule has 0 atom stereocenters. The summed E-state index contributed by atoms with van der Waals surface area (Å²) < 4.78 is 12.2. The molecule has 1 aliphatic rings. The molecule has 0 bridgehead atoms.